The van der Waals surface area contributed by atoms with E-state index < -0.39 is 11.9 Å². The van der Waals surface area contributed by atoms with E-state index in [9.17, 15) is 29.4 Å². The zero-order valence-corrected chi connectivity index (χ0v) is 30.0. The molecule has 8 heteroatoms. The number of hydrogen-bond acceptors (Lipinski definition) is 8. The van der Waals surface area contributed by atoms with Gasteiger partial charge in [-0.3, -0.25) is 19.2 Å². The summed E-state index contributed by atoms with van der Waals surface area (Å²) < 4.78 is 11.9. The number of fused-ring (bicyclic) bond motifs is 4. The molecule has 0 bridgehead atoms. The molecule has 0 spiro atoms. The number of aromatic hydroxyl groups is 2. The van der Waals surface area contributed by atoms with Crippen molar-refractivity contribution in [2.45, 2.75) is 25.7 Å². The molecule has 0 radical (unpaired) electrons. The molecule has 274 valence electrons. The number of esters is 2. The Labute approximate surface area is 321 Å². The molecule has 0 amide bonds. The topological polar surface area (TPSA) is 127 Å². The van der Waals surface area contributed by atoms with Crippen molar-refractivity contribution in [3.63, 3.8) is 0 Å². The second-order valence-electron chi connectivity index (χ2n) is 13.5. The van der Waals surface area contributed by atoms with E-state index in [1.165, 1.54) is 0 Å². The van der Waals surface area contributed by atoms with Crippen LogP contribution in [0.5, 0.6) is 23.0 Å². The standard InChI is InChI=1S/C48H34O8/c49-27-33-25-31-13-3-7-17-37(31)45(47(33)53)43-35-15-5-1-11-29(35)21-23-39(43)55-41(51)19-9-10-20-42(52)56-40-24-22-30-12-2-6-16-36(30)44(40)46-38-18-8-4-14-32(38)26-34(28-50)48(46)54/h1-8,11-18,21-28,53-54H,9-10,19-20H2. The Balaban J connectivity index is 1.02. The van der Waals surface area contributed by atoms with Gasteiger partial charge in [0.2, 0.25) is 0 Å². The molecule has 0 heterocycles. The van der Waals surface area contributed by atoms with Crippen LogP contribution in [0.1, 0.15) is 46.4 Å². The zero-order chi connectivity index (χ0) is 38.8. The van der Waals surface area contributed by atoms with Crippen LogP contribution in [0, 0.1) is 0 Å². The van der Waals surface area contributed by atoms with Gasteiger partial charge in [-0.25, -0.2) is 0 Å². The Morgan fingerprint density at radius 3 is 1.16 bits per heavy atom. The number of carbonyl (C=O) groups is 4. The Kier molecular flexibility index (Phi) is 9.69. The lowest BCUT2D eigenvalue weighted by atomic mass is 9.90. The number of phenolic OH excluding ortho intramolecular Hbond substituents is 2. The van der Waals surface area contributed by atoms with Gasteiger partial charge in [-0.15, -0.1) is 0 Å². The first kappa shape index (κ1) is 35.7. The van der Waals surface area contributed by atoms with Crippen LogP contribution in [0.3, 0.4) is 0 Å². The van der Waals surface area contributed by atoms with E-state index in [2.05, 4.69) is 0 Å². The fraction of sp³-hybridized carbons (Fsp3) is 0.0833. The average Bonchev–Trinajstić information content (AvgIpc) is 3.22. The third-order valence-electron chi connectivity index (χ3n) is 10.1. The van der Waals surface area contributed by atoms with Gasteiger partial charge in [-0.2, -0.15) is 0 Å². The molecule has 0 saturated heterocycles. The van der Waals surface area contributed by atoms with Gasteiger partial charge < -0.3 is 19.7 Å². The maximum Gasteiger partial charge on any atom is 0.311 e. The minimum Gasteiger partial charge on any atom is -0.507 e. The lowest BCUT2D eigenvalue weighted by Gasteiger charge is -2.18. The average molecular weight is 739 g/mol. The smallest absolute Gasteiger partial charge is 0.311 e. The predicted octanol–water partition coefficient (Wildman–Crippen LogP) is 10.7. The third-order valence-corrected chi connectivity index (χ3v) is 10.1. The summed E-state index contributed by atoms with van der Waals surface area (Å²) in [7, 11) is 0. The lowest BCUT2D eigenvalue weighted by molar-refractivity contribution is -0.136. The summed E-state index contributed by atoms with van der Waals surface area (Å²) in [5, 5.41) is 28.8. The van der Waals surface area contributed by atoms with Crippen molar-refractivity contribution in [1.82, 2.24) is 0 Å². The van der Waals surface area contributed by atoms with Crippen LogP contribution in [0.2, 0.25) is 0 Å². The van der Waals surface area contributed by atoms with E-state index >= 15 is 0 Å². The van der Waals surface area contributed by atoms with Crippen LogP contribution in [-0.4, -0.2) is 34.7 Å². The largest absolute Gasteiger partial charge is 0.507 e. The van der Waals surface area contributed by atoms with Crippen LogP contribution in [0.4, 0.5) is 0 Å². The lowest BCUT2D eigenvalue weighted by Crippen LogP contribution is -2.11. The third kappa shape index (κ3) is 6.58. The van der Waals surface area contributed by atoms with Crippen LogP contribution in [0.25, 0.3) is 65.3 Å². The van der Waals surface area contributed by atoms with Crippen molar-refractivity contribution >= 4 is 67.6 Å². The maximum atomic E-state index is 13.4. The molecule has 8 aromatic rings. The molecule has 0 atom stereocenters. The van der Waals surface area contributed by atoms with Crippen LogP contribution in [-0.2, 0) is 9.59 Å². The summed E-state index contributed by atoms with van der Waals surface area (Å²) in [6.45, 7) is 0. The Morgan fingerprint density at radius 2 is 0.786 bits per heavy atom. The fourth-order valence-electron chi connectivity index (χ4n) is 7.48. The molecule has 0 aromatic heterocycles. The predicted molar refractivity (Wildman–Crippen MR) is 218 cm³/mol. The first-order valence-corrected chi connectivity index (χ1v) is 18.2. The molecule has 0 fully saturated rings. The summed E-state index contributed by atoms with van der Waals surface area (Å²) in [6, 6.07) is 40.1. The second-order valence-corrected chi connectivity index (χ2v) is 13.5. The van der Waals surface area contributed by atoms with E-state index in [1.54, 1.807) is 24.3 Å². The molecule has 0 aliphatic carbocycles. The highest BCUT2D eigenvalue weighted by molar-refractivity contribution is 6.14. The van der Waals surface area contributed by atoms with Crippen molar-refractivity contribution in [3.8, 4) is 45.3 Å². The molecule has 0 saturated carbocycles. The fourth-order valence-corrected chi connectivity index (χ4v) is 7.48. The number of phenols is 2. The van der Waals surface area contributed by atoms with E-state index in [0.717, 1.165) is 32.3 Å². The molecule has 0 aliphatic rings. The molecular formula is C48H34O8. The number of carbonyl (C=O) groups excluding carboxylic acids is 4. The number of unbranched alkanes of at least 4 members (excludes halogenated alkanes) is 1. The van der Waals surface area contributed by atoms with E-state index in [1.807, 2.05) is 109 Å². The second kappa shape index (κ2) is 15.2. The van der Waals surface area contributed by atoms with Crippen molar-refractivity contribution in [3.05, 3.63) is 145 Å². The first-order chi connectivity index (χ1) is 27.4. The molecule has 0 aliphatic heterocycles. The van der Waals surface area contributed by atoms with Crippen LogP contribution < -0.4 is 9.47 Å². The normalized spacial score (nSPS) is 11.2. The summed E-state index contributed by atoms with van der Waals surface area (Å²) >= 11 is 0. The van der Waals surface area contributed by atoms with Crippen molar-refractivity contribution in [1.29, 1.82) is 0 Å². The minimum absolute atomic E-state index is 0.000226. The quantitative estimate of drug-likeness (QED) is 0.0581. The van der Waals surface area contributed by atoms with Gasteiger partial charge in [-0.05, 0) is 80.2 Å². The molecule has 0 unspecified atom stereocenters. The summed E-state index contributed by atoms with van der Waals surface area (Å²) in [5.41, 5.74) is 1.99. The number of ether oxygens (including phenoxy) is 2. The van der Waals surface area contributed by atoms with Gasteiger partial charge in [0, 0.05) is 35.1 Å². The van der Waals surface area contributed by atoms with Crippen molar-refractivity contribution < 1.29 is 38.9 Å². The number of hydrogen-bond donors (Lipinski definition) is 2. The highest BCUT2D eigenvalue weighted by Crippen LogP contribution is 2.48. The molecule has 2 N–H and O–H groups in total. The zero-order valence-electron chi connectivity index (χ0n) is 30.0. The monoisotopic (exact) mass is 738 g/mol. The molecule has 8 aromatic carbocycles. The molecule has 8 nitrogen and oxygen atoms in total. The number of benzene rings is 8. The van der Waals surface area contributed by atoms with Gasteiger partial charge in [-0.1, -0.05) is 109 Å². The van der Waals surface area contributed by atoms with Gasteiger partial charge >= 0.3 is 11.9 Å². The summed E-state index contributed by atoms with van der Waals surface area (Å²) in [6.07, 6.45) is 1.85. The summed E-state index contributed by atoms with van der Waals surface area (Å²) in [5.74, 6) is -1.01. The van der Waals surface area contributed by atoms with Crippen molar-refractivity contribution in [2.75, 3.05) is 0 Å². The molecule has 8 rings (SSSR count). The Bertz CT molecular complexity index is 2680. The van der Waals surface area contributed by atoms with Crippen molar-refractivity contribution in [2.24, 2.45) is 0 Å². The SMILES string of the molecule is O=Cc1cc2ccccc2c(-c2c(OC(=O)CCCCC(=O)Oc3ccc4ccccc4c3-c3c(O)c(C=O)cc4ccccc34)ccc3ccccc23)c1O. The van der Waals surface area contributed by atoms with E-state index in [0.29, 0.717) is 58.4 Å². The number of rotatable bonds is 11. The molecular weight excluding hydrogens is 705 g/mol. The van der Waals surface area contributed by atoms with E-state index in [-0.39, 0.29) is 47.0 Å². The summed E-state index contributed by atoms with van der Waals surface area (Å²) in [4.78, 5) is 50.7. The van der Waals surface area contributed by atoms with Crippen LogP contribution >= 0.6 is 0 Å². The number of aldehydes is 2. The van der Waals surface area contributed by atoms with E-state index in [4.69, 9.17) is 9.47 Å². The first-order valence-electron chi connectivity index (χ1n) is 18.2. The maximum absolute atomic E-state index is 13.4. The van der Waals surface area contributed by atoms with Crippen LogP contribution in [0.15, 0.2) is 133 Å². The van der Waals surface area contributed by atoms with Gasteiger partial charge in [0.05, 0.1) is 11.1 Å². The highest BCUT2D eigenvalue weighted by Gasteiger charge is 2.24. The minimum atomic E-state index is -0.528. The molecule has 56 heavy (non-hydrogen) atoms. The van der Waals surface area contributed by atoms with Gasteiger partial charge in [0.25, 0.3) is 0 Å². The Morgan fingerprint density at radius 1 is 0.446 bits per heavy atom. The highest BCUT2D eigenvalue weighted by atomic mass is 16.5. The Hall–Kier alpha value is -7.32. The van der Waals surface area contributed by atoms with Gasteiger partial charge in [0.15, 0.2) is 12.6 Å². The van der Waals surface area contributed by atoms with Gasteiger partial charge in [0.1, 0.15) is 23.0 Å².